The fourth-order valence-electron chi connectivity index (χ4n) is 4.27. The Morgan fingerprint density at radius 2 is 1.66 bits per heavy atom. The highest BCUT2D eigenvalue weighted by atomic mass is 32.2. The minimum absolute atomic E-state index is 0.0588. The largest absolute Gasteiger partial charge is 0.573 e. The molecule has 0 radical (unpaired) electrons. The summed E-state index contributed by atoms with van der Waals surface area (Å²) in [4.78, 5) is 18.5. The second-order valence-electron chi connectivity index (χ2n) is 7.82. The standard InChI is InChI=1S/C20H21F3N4O4S/c21-20(22,23)31-15-5-3-14(4-6-15)27-13-9-19(18(27)28)7-11-26(12-8-19)32(29,30)16-2-1-10-25-17(16)24/h1-6,10H,7-9,11-13H2,(H2,24,25). The third kappa shape index (κ3) is 4.11. The van der Waals surface area contributed by atoms with Gasteiger partial charge in [-0.2, -0.15) is 4.31 Å². The summed E-state index contributed by atoms with van der Waals surface area (Å²) < 4.78 is 68.1. The van der Waals surface area contributed by atoms with Crippen LogP contribution < -0.4 is 15.4 Å². The number of piperidine rings is 1. The Balaban J connectivity index is 1.45. The van der Waals surface area contributed by atoms with Crippen LogP contribution in [0.2, 0.25) is 0 Å². The number of amides is 1. The fraction of sp³-hybridized carbons (Fsp3) is 0.400. The first kappa shape index (κ1) is 22.3. The molecule has 1 aromatic carbocycles. The number of nitrogen functional groups attached to an aromatic ring is 1. The Hall–Kier alpha value is -2.86. The van der Waals surface area contributed by atoms with E-state index >= 15 is 0 Å². The molecule has 4 rings (SSSR count). The lowest BCUT2D eigenvalue weighted by Crippen LogP contribution is -2.46. The average Bonchev–Trinajstić information content (AvgIpc) is 3.04. The van der Waals surface area contributed by atoms with Crippen molar-refractivity contribution in [3.63, 3.8) is 0 Å². The maximum absolute atomic E-state index is 13.2. The molecule has 0 unspecified atom stereocenters. The lowest BCUT2D eigenvalue weighted by molar-refractivity contribution is -0.274. The van der Waals surface area contributed by atoms with E-state index in [1.807, 2.05) is 0 Å². The summed E-state index contributed by atoms with van der Waals surface area (Å²) in [6.45, 7) is 0.726. The number of pyridine rings is 1. The third-order valence-electron chi connectivity index (χ3n) is 5.99. The Kier molecular flexibility index (Phi) is 5.53. The molecular weight excluding hydrogens is 449 g/mol. The van der Waals surface area contributed by atoms with Gasteiger partial charge in [0.05, 0.1) is 5.41 Å². The molecule has 0 saturated carbocycles. The van der Waals surface area contributed by atoms with E-state index in [1.165, 1.54) is 39.7 Å². The van der Waals surface area contributed by atoms with Gasteiger partial charge < -0.3 is 15.4 Å². The van der Waals surface area contributed by atoms with E-state index in [0.29, 0.717) is 31.5 Å². The van der Waals surface area contributed by atoms with Crippen LogP contribution >= 0.6 is 0 Å². The van der Waals surface area contributed by atoms with Crippen LogP contribution in [0.1, 0.15) is 19.3 Å². The quantitative estimate of drug-likeness (QED) is 0.737. The van der Waals surface area contributed by atoms with E-state index in [4.69, 9.17) is 5.73 Å². The number of carbonyl (C=O) groups is 1. The monoisotopic (exact) mass is 470 g/mol. The molecule has 0 aliphatic carbocycles. The first-order valence-corrected chi connectivity index (χ1v) is 11.3. The van der Waals surface area contributed by atoms with Gasteiger partial charge in [0.15, 0.2) is 0 Å². The smallest absolute Gasteiger partial charge is 0.406 e. The molecule has 1 spiro atoms. The maximum Gasteiger partial charge on any atom is 0.573 e. The van der Waals surface area contributed by atoms with Crippen LogP contribution in [-0.2, 0) is 14.8 Å². The molecular formula is C20H21F3N4O4S. The number of nitrogens with two attached hydrogens (primary N) is 1. The molecule has 2 saturated heterocycles. The topological polar surface area (TPSA) is 106 Å². The van der Waals surface area contributed by atoms with Crippen LogP contribution in [0.25, 0.3) is 0 Å². The summed E-state index contributed by atoms with van der Waals surface area (Å²) in [7, 11) is -3.83. The predicted molar refractivity (Wildman–Crippen MR) is 109 cm³/mol. The van der Waals surface area contributed by atoms with E-state index in [2.05, 4.69) is 9.72 Å². The summed E-state index contributed by atoms with van der Waals surface area (Å²) >= 11 is 0. The van der Waals surface area contributed by atoms with Crippen molar-refractivity contribution < 1.29 is 31.1 Å². The zero-order valence-electron chi connectivity index (χ0n) is 16.9. The van der Waals surface area contributed by atoms with E-state index in [9.17, 15) is 26.4 Å². The summed E-state index contributed by atoms with van der Waals surface area (Å²) in [5, 5.41) is 0. The summed E-state index contributed by atoms with van der Waals surface area (Å²) in [6, 6.07) is 8.03. The molecule has 2 N–H and O–H groups in total. The fourth-order valence-corrected chi connectivity index (χ4v) is 5.78. The average molecular weight is 470 g/mol. The molecule has 1 amide bonds. The number of anilines is 2. The first-order valence-electron chi connectivity index (χ1n) is 9.90. The number of hydrogen-bond donors (Lipinski definition) is 1. The van der Waals surface area contributed by atoms with Crippen molar-refractivity contribution in [3.05, 3.63) is 42.6 Å². The lowest BCUT2D eigenvalue weighted by atomic mass is 9.77. The molecule has 0 bridgehead atoms. The van der Waals surface area contributed by atoms with Gasteiger partial charge in [-0.05, 0) is 55.7 Å². The van der Waals surface area contributed by atoms with Crippen molar-refractivity contribution in [2.75, 3.05) is 30.3 Å². The molecule has 3 heterocycles. The number of halogens is 3. The highest BCUT2D eigenvalue weighted by molar-refractivity contribution is 7.89. The zero-order valence-corrected chi connectivity index (χ0v) is 17.7. The molecule has 1 aromatic heterocycles. The minimum atomic E-state index is -4.79. The van der Waals surface area contributed by atoms with Crippen LogP contribution in [-0.4, -0.2) is 49.6 Å². The van der Waals surface area contributed by atoms with Crippen molar-refractivity contribution in [2.45, 2.75) is 30.5 Å². The van der Waals surface area contributed by atoms with E-state index in [-0.39, 0.29) is 35.5 Å². The molecule has 12 heteroatoms. The zero-order chi connectivity index (χ0) is 23.1. The molecule has 8 nitrogen and oxygen atoms in total. The minimum Gasteiger partial charge on any atom is -0.406 e. The van der Waals surface area contributed by atoms with Gasteiger partial charge in [-0.25, -0.2) is 13.4 Å². The summed E-state index contributed by atoms with van der Waals surface area (Å²) in [5.41, 5.74) is 5.50. The van der Waals surface area contributed by atoms with E-state index < -0.39 is 21.8 Å². The van der Waals surface area contributed by atoms with Gasteiger partial charge in [-0.1, -0.05) is 0 Å². The van der Waals surface area contributed by atoms with Gasteiger partial charge in [0.1, 0.15) is 16.5 Å². The summed E-state index contributed by atoms with van der Waals surface area (Å²) in [6.07, 6.45) is -2.15. The first-order chi connectivity index (χ1) is 15.0. The number of sulfonamides is 1. The van der Waals surface area contributed by atoms with Gasteiger partial charge in [0.2, 0.25) is 15.9 Å². The van der Waals surface area contributed by atoms with E-state index in [1.54, 1.807) is 0 Å². The van der Waals surface area contributed by atoms with Crippen LogP contribution in [0, 0.1) is 5.41 Å². The number of alkyl halides is 3. The molecule has 172 valence electrons. The number of benzene rings is 1. The van der Waals surface area contributed by atoms with Crippen molar-refractivity contribution in [1.29, 1.82) is 0 Å². The van der Waals surface area contributed by atoms with Crippen molar-refractivity contribution in [1.82, 2.24) is 9.29 Å². The third-order valence-corrected chi connectivity index (χ3v) is 7.94. The number of carbonyl (C=O) groups excluding carboxylic acids is 1. The van der Waals surface area contributed by atoms with Gasteiger partial charge in [-0.15, -0.1) is 13.2 Å². The maximum atomic E-state index is 13.2. The van der Waals surface area contributed by atoms with Gasteiger partial charge in [0.25, 0.3) is 0 Å². The Bertz CT molecular complexity index is 1110. The Morgan fingerprint density at radius 3 is 2.25 bits per heavy atom. The number of rotatable bonds is 4. The second kappa shape index (κ2) is 7.93. The number of ether oxygens (including phenoxy) is 1. The number of hydrogen-bond acceptors (Lipinski definition) is 6. The molecule has 2 aliphatic heterocycles. The van der Waals surface area contributed by atoms with Gasteiger partial charge in [0, 0.05) is 31.5 Å². The molecule has 2 fully saturated rings. The van der Waals surface area contributed by atoms with Crippen molar-refractivity contribution >= 4 is 27.4 Å². The van der Waals surface area contributed by atoms with Crippen LogP contribution in [0.3, 0.4) is 0 Å². The predicted octanol–water partition coefficient (Wildman–Crippen LogP) is 2.77. The van der Waals surface area contributed by atoms with Crippen LogP contribution in [0.5, 0.6) is 5.75 Å². The number of aromatic nitrogens is 1. The normalized spacial score (nSPS) is 19.5. The van der Waals surface area contributed by atoms with Crippen molar-refractivity contribution in [3.8, 4) is 5.75 Å². The Morgan fingerprint density at radius 1 is 1.03 bits per heavy atom. The van der Waals surface area contributed by atoms with Gasteiger partial charge >= 0.3 is 6.36 Å². The summed E-state index contributed by atoms with van der Waals surface area (Å²) in [5.74, 6) is -0.593. The van der Waals surface area contributed by atoms with Crippen LogP contribution in [0.15, 0.2) is 47.5 Å². The molecule has 0 atom stereocenters. The van der Waals surface area contributed by atoms with E-state index in [0.717, 1.165) is 12.1 Å². The molecule has 2 aromatic rings. The SMILES string of the molecule is Nc1ncccc1S(=O)(=O)N1CCC2(CCN(c3ccc(OC(F)(F)F)cc3)C2=O)CC1. The van der Waals surface area contributed by atoms with Crippen LogP contribution in [0.4, 0.5) is 24.7 Å². The van der Waals surface area contributed by atoms with Gasteiger partial charge in [-0.3, -0.25) is 4.79 Å². The molecule has 32 heavy (non-hydrogen) atoms. The highest BCUT2D eigenvalue weighted by Gasteiger charge is 2.50. The molecule has 2 aliphatic rings. The highest BCUT2D eigenvalue weighted by Crippen LogP contribution is 2.44. The second-order valence-corrected chi connectivity index (χ2v) is 9.73. The number of nitrogens with zero attached hydrogens (tertiary/aromatic N) is 3. The lowest BCUT2D eigenvalue weighted by Gasteiger charge is -2.37. The Labute approximate surface area is 182 Å². The van der Waals surface area contributed by atoms with Crippen molar-refractivity contribution in [2.24, 2.45) is 5.41 Å².